The zero-order valence-electron chi connectivity index (χ0n) is 22.6. The molecule has 0 spiro atoms. The predicted octanol–water partition coefficient (Wildman–Crippen LogP) is 6.20. The molecular formula is C28H43NO3Si. The molecule has 182 valence electrons. The molecule has 0 heterocycles. The van der Waals surface area contributed by atoms with Crippen LogP contribution in [0.4, 0.5) is 5.69 Å². The van der Waals surface area contributed by atoms with Crippen LogP contribution in [0, 0.1) is 0 Å². The fraction of sp³-hybridized carbons (Fsp3) is 0.536. The van der Waals surface area contributed by atoms with Crippen LogP contribution in [-0.2, 0) is 15.6 Å². The molecule has 0 radical (unpaired) electrons. The molecule has 5 heteroatoms. The predicted molar refractivity (Wildman–Crippen MR) is 143 cm³/mol. The number of carbonyl (C=O) groups is 1. The Hall–Kier alpha value is -2.27. The van der Waals surface area contributed by atoms with E-state index in [0.29, 0.717) is 18.4 Å². The summed E-state index contributed by atoms with van der Waals surface area (Å²) in [6.07, 6.45) is 1.02. The average Bonchev–Trinajstić information content (AvgIpc) is 2.71. The van der Waals surface area contributed by atoms with Crippen LogP contribution in [0.5, 0.6) is 11.5 Å². The van der Waals surface area contributed by atoms with Gasteiger partial charge in [0.2, 0.25) is 0 Å². The molecule has 0 aliphatic heterocycles. The third-order valence-corrected chi connectivity index (χ3v) is 8.73. The Morgan fingerprint density at radius 1 is 0.879 bits per heavy atom. The Bertz CT molecular complexity index is 964. The maximum absolute atomic E-state index is 12.1. The van der Waals surface area contributed by atoms with Crippen LogP contribution in [0.1, 0.15) is 66.0 Å². The van der Waals surface area contributed by atoms with Gasteiger partial charge in [-0.2, -0.15) is 0 Å². The van der Waals surface area contributed by atoms with Crippen LogP contribution < -0.4 is 19.6 Å². The van der Waals surface area contributed by atoms with Gasteiger partial charge in [0.15, 0.2) is 0 Å². The summed E-state index contributed by atoms with van der Waals surface area (Å²) in [5.74, 6) is 1.31. The summed E-state index contributed by atoms with van der Waals surface area (Å²) in [7, 11) is 2.28. The maximum atomic E-state index is 12.1. The lowest BCUT2D eigenvalue weighted by atomic mass is 9.81. The van der Waals surface area contributed by atoms with Crippen molar-refractivity contribution in [2.75, 3.05) is 25.2 Å². The van der Waals surface area contributed by atoms with E-state index in [0.717, 1.165) is 16.9 Å². The molecule has 0 saturated heterocycles. The highest BCUT2D eigenvalue weighted by molar-refractivity contribution is 6.89. The van der Waals surface area contributed by atoms with Crippen LogP contribution >= 0.6 is 0 Å². The molecule has 0 atom stereocenters. The molecule has 0 N–H and O–H groups in total. The molecule has 33 heavy (non-hydrogen) atoms. The molecule has 2 aromatic carbocycles. The maximum Gasteiger partial charge on any atom is 0.310 e. The van der Waals surface area contributed by atoms with Crippen molar-refractivity contribution in [2.45, 2.75) is 78.8 Å². The molecule has 0 aliphatic carbocycles. The van der Waals surface area contributed by atoms with Gasteiger partial charge in [-0.25, -0.2) is 0 Å². The van der Waals surface area contributed by atoms with Crippen molar-refractivity contribution in [3.05, 3.63) is 47.5 Å². The molecule has 0 saturated carbocycles. The number of hydrogen-bond donors (Lipinski definition) is 0. The van der Waals surface area contributed by atoms with Crippen molar-refractivity contribution in [2.24, 2.45) is 0 Å². The zero-order chi connectivity index (χ0) is 25.2. The van der Waals surface area contributed by atoms with E-state index in [9.17, 15) is 4.79 Å². The number of anilines is 1. The van der Waals surface area contributed by atoms with Gasteiger partial charge in [-0.05, 0) is 35.1 Å². The first kappa shape index (κ1) is 27.0. The first-order chi connectivity index (χ1) is 15.1. The van der Waals surface area contributed by atoms with Crippen LogP contribution in [-0.4, -0.2) is 34.4 Å². The summed E-state index contributed by atoms with van der Waals surface area (Å²) in [5.41, 5.74) is 2.90. The highest BCUT2D eigenvalue weighted by atomic mass is 28.3. The molecule has 0 fully saturated rings. The van der Waals surface area contributed by atoms with E-state index in [-0.39, 0.29) is 16.8 Å². The number of ether oxygens (including phenoxy) is 2. The Labute approximate surface area is 202 Å². The lowest BCUT2D eigenvalue weighted by molar-refractivity contribution is -0.134. The number of carbonyl (C=O) groups excluding carboxylic acids is 1. The minimum atomic E-state index is -1.84. The summed E-state index contributed by atoms with van der Waals surface area (Å²) in [5, 5.41) is 1.37. The standard InChI is InChI=1S/C28H43NO3Si/c1-12-26(30)32-25-18-22(27(2,3)4)24(17-23(25)28(5,6)7)31-19-33(10,11)21-15-13-20(14-16-21)29(8)9/h13-18H,12,19H2,1-11H3. The van der Waals surface area contributed by atoms with Gasteiger partial charge in [-0.15, -0.1) is 0 Å². The first-order valence-corrected chi connectivity index (χ1v) is 15.1. The SMILES string of the molecule is CCC(=O)Oc1cc(C(C)(C)C)c(OC[Si](C)(C)c2ccc(N(C)C)cc2)cc1C(C)(C)C. The number of esters is 1. The van der Waals surface area contributed by atoms with E-state index >= 15 is 0 Å². The van der Waals surface area contributed by atoms with E-state index in [2.05, 4.69) is 104 Å². The van der Waals surface area contributed by atoms with Crippen LogP contribution in [0.2, 0.25) is 13.1 Å². The lowest BCUT2D eigenvalue weighted by Crippen LogP contribution is -2.47. The minimum absolute atomic E-state index is 0.155. The zero-order valence-corrected chi connectivity index (χ0v) is 23.6. The molecule has 0 unspecified atom stereocenters. The van der Waals surface area contributed by atoms with Crippen molar-refractivity contribution >= 4 is 24.9 Å². The number of nitrogens with zero attached hydrogens (tertiary/aromatic N) is 1. The van der Waals surface area contributed by atoms with Crippen molar-refractivity contribution in [1.29, 1.82) is 0 Å². The Balaban J connectivity index is 2.46. The van der Waals surface area contributed by atoms with Crippen molar-refractivity contribution in [3.8, 4) is 11.5 Å². The summed E-state index contributed by atoms with van der Waals surface area (Å²) in [6.45, 7) is 19.4. The molecule has 2 rings (SSSR count). The summed E-state index contributed by atoms with van der Waals surface area (Å²) >= 11 is 0. The smallest absolute Gasteiger partial charge is 0.310 e. The van der Waals surface area contributed by atoms with Crippen LogP contribution in [0.3, 0.4) is 0 Å². The molecular weight excluding hydrogens is 426 g/mol. The van der Waals surface area contributed by atoms with Crippen molar-refractivity contribution < 1.29 is 14.3 Å². The van der Waals surface area contributed by atoms with Gasteiger partial charge in [0, 0.05) is 37.3 Å². The summed E-state index contributed by atoms with van der Waals surface area (Å²) in [4.78, 5) is 14.3. The molecule has 2 aromatic rings. The molecule has 0 aliphatic rings. The van der Waals surface area contributed by atoms with Gasteiger partial charge in [-0.1, -0.05) is 78.9 Å². The first-order valence-electron chi connectivity index (χ1n) is 11.9. The van der Waals surface area contributed by atoms with Gasteiger partial charge in [-0.3, -0.25) is 4.79 Å². The van der Waals surface area contributed by atoms with E-state index < -0.39 is 8.07 Å². The number of hydrogen-bond acceptors (Lipinski definition) is 4. The second-order valence-electron chi connectivity index (χ2n) is 11.8. The Morgan fingerprint density at radius 3 is 1.82 bits per heavy atom. The van der Waals surface area contributed by atoms with Gasteiger partial charge in [0.25, 0.3) is 0 Å². The topological polar surface area (TPSA) is 38.8 Å². The monoisotopic (exact) mass is 469 g/mol. The summed E-state index contributed by atoms with van der Waals surface area (Å²) < 4.78 is 12.4. The van der Waals surface area contributed by atoms with Crippen molar-refractivity contribution in [3.63, 3.8) is 0 Å². The molecule has 4 nitrogen and oxygen atoms in total. The molecule has 0 bridgehead atoms. The summed E-state index contributed by atoms with van der Waals surface area (Å²) in [6, 6.07) is 13.0. The number of rotatable bonds is 7. The second-order valence-corrected chi connectivity index (χ2v) is 16.4. The normalized spacial score (nSPS) is 12.5. The number of benzene rings is 2. The van der Waals surface area contributed by atoms with Crippen molar-refractivity contribution in [1.82, 2.24) is 0 Å². The largest absolute Gasteiger partial charge is 0.496 e. The quantitative estimate of drug-likeness (QED) is 0.275. The highest BCUT2D eigenvalue weighted by Crippen LogP contribution is 2.41. The van der Waals surface area contributed by atoms with Gasteiger partial charge in [0.1, 0.15) is 19.6 Å². The van der Waals surface area contributed by atoms with E-state index in [1.54, 1.807) is 0 Å². The molecule has 0 aromatic heterocycles. The lowest BCUT2D eigenvalue weighted by Gasteiger charge is -2.30. The van der Waals surface area contributed by atoms with E-state index in [1.807, 2.05) is 13.0 Å². The fourth-order valence-corrected chi connectivity index (χ4v) is 5.44. The van der Waals surface area contributed by atoms with Gasteiger partial charge >= 0.3 is 5.97 Å². The third kappa shape index (κ3) is 6.86. The average molecular weight is 470 g/mol. The second kappa shape index (κ2) is 9.92. The van der Waals surface area contributed by atoms with E-state index in [4.69, 9.17) is 9.47 Å². The Kier molecular flexibility index (Phi) is 8.11. The van der Waals surface area contributed by atoms with Gasteiger partial charge in [0.05, 0.1) is 6.23 Å². The molecule has 0 amide bonds. The highest BCUT2D eigenvalue weighted by Gasteiger charge is 2.30. The van der Waals surface area contributed by atoms with Crippen LogP contribution in [0.15, 0.2) is 36.4 Å². The fourth-order valence-electron chi connectivity index (χ4n) is 3.68. The van der Waals surface area contributed by atoms with E-state index in [1.165, 1.54) is 10.9 Å². The van der Waals surface area contributed by atoms with Gasteiger partial charge < -0.3 is 14.4 Å². The Morgan fingerprint density at radius 2 is 1.36 bits per heavy atom. The van der Waals surface area contributed by atoms with Crippen LogP contribution in [0.25, 0.3) is 0 Å². The minimum Gasteiger partial charge on any atom is -0.496 e. The third-order valence-electron chi connectivity index (χ3n) is 5.96.